The maximum atomic E-state index is 13.8. The monoisotopic (exact) mass is 357 g/mol. The van der Waals surface area contributed by atoms with Gasteiger partial charge in [0.1, 0.15) is 11.6 Å². The normalized spacial score (nSPS) is 12.4. The molecule has 0 fully saturated rings. The molecule has 106 valence electrons. The van der Waals surface area contributed by atoms with Crippen LogP contribution in [0.5, 0.6) is 0 Å². The molecule has 0 bridgehead atoms. The molecule has 5 heteroatoms. The summed E-state index contributed by atoms with van der Waals surface area (Å²) in [6.45, 7) is 0. The highest BCUT2D eigenvalue weighted by Gasteiger charge is 2.15. The van der Waals surface area contributed by atoms with E-state index in [0.29, 0.717) is 11.3 Å². The summed E-state index contributed by atoms with van der Waals surface area (Å²) >= 11 is 5.01. The summed E-state index contributed by atoms with van der Waals surface area (Å²) in [5.74, 6) is -0.192. The van der Waals surface area contributed by atoms with Gasteiger partial charge in [-0.1, -0.05) is 22.0 Å². The second-order valence-electron chi connectivity index (χ2n) is 4.28. The van der Waals surface area contributed by atoms with Crippen molar-refractivity contribution in [2.24, 2.45) is 0 Å². The molecule has 0 spiro atoms. The average Bonchev–Trinajstić information content (AvgIpc) is 2.43. The van der Waals surface area contributed by atoms with E-state index in [1.54, 1.807) is 18.8 Å². The topological polar surface area (TPSA) is 12.0 Å². The zero-order valence-corrected chi connectivity index (χ0v) is 13.3. The maximum Gasteiger partial charge on any atom is 0.128 e. The minimum Gasteiger partial charge on any atom is -0.312 e. The summed E-state index contributed by atoms with van der Waals surface area (Å²) < 4.78 is 28.0. The van der Waals surface area contributed by atoms with Crippen LogP contribution in [0.3, 0.4) is 0 Å². The Morgan fingerprint density at radius 3 is 2.70 bits per heavy atom. The Hall–Kier alpha value is -0.910. The highest BCUT2D eigenvalue weighted by molar-refractivity contribution is 9.10. The molecule has 1 atom stereocenters. The first kappa shape index (κ1) is 15.5. The lowest BCUT2D eigenvalue weighted by atomic mass is 10.1. The van der Waals surface area contributed by atoms with Crippen molar-refractivity contribution < 1.29 is 8.78 Å². The first-order valence-corrected chi connectivity index (χ1v) is 7.88. The van der Waals surface area contributed by atoms with Gasteiger partial charge in [-0.2, -0.15) is 0 Å². The van der Waals surface area contributed by atoms with E-state index in [1.165, 1.54) is 12.1 Å². The second kappa shape index (κ2) is 7.20. The molecule has 1 unspecified atom stereocenters. The molecule has 0 saturated carbocycles. The van der Waals surface area contributed by atoms with Crippen molar-refractivity contribution in [1.82, 2.24) is 5.32 Å². The summed E-state index contributed by atoms with van der Waals surface area (Å²) in [6.07, 6.45) is 0. The molecule has 0 aliphatic heterocycles. The van der Waals surface area contributed by atoms with Crippen molar-refractivity contribution in [3.8, 4) is 0 Å². The van der Waals surface area contributed by atoms with Gasteiger partial charge in [0, 0.05) is 26.7 Å². The van der Waals surface area contributed by atoms with E-state index in [0.717, 1.165) is 15.4 Å². The van der Waals surface area contributed by atoms with Gasteiger partial charge in [-0.05, 0) is 43.4 Å². The summed E-state index contributed by atoms with van der Waals surface area (Å²) in [4.78, 5) is 1.08. The van der Waals surface area contributed by atoms with E-state index < -0.39 is 5.82 Å². The number of benzene rings is 2. The van der Waals surface area contributed by atoms with Gasteiger partial charge in [0.25, 0.3) is 0 Å². The van der Waals surface area contributed by atoms with Crippen LogP contribution in [0.4, 0.5) is 8.78 Å². The first-order valence-electron chi connectivity index (χ1n) is 6.10. The molecule has 2 aromatic rings. The van der Waals surface area contributed by atoms with Crippen LogP contribution >= 0.6 is 27.7 Å². The number of hydrogen-bond acceptors (Lipinski definition) is 2. The Morgan fingerprint density at radius 2 is 2.00 bits per heavy atom. The average molecular weight is 358 g/mol. The molecule has 0 aromatic heterocycles. The van der Waals surface area contributed by atoms with Crippen LogP contribution in [0.25, 0.3) is 0 Å². The predicted molar refractivity (Wildman–Crippen MR) is 83.0 cm³/mol. The van der Waals surface area contributed by atoms with Crippen molar-refractivity contribution in [2.45, 2.75) is 10.9 Å². The molecule has 1 N–H and O–H groups in total. The van der Waals surface area contributed by atoms with Crippen molar-refractivity contribution in [3.05, 3.63) is 64.1 Å². The minimum absolute atomic E-state index is 0.241. The lowest BCUT2D eigenvalue weighted by Gasteiger charge is -2.17. The quantitative estimate of drug-likeness (QED) is 0.772. The molecule has 2 rings (SSSR count). The summed E-state index contributed by atoms with van der Waals surface area (Å²) in [5.41, 5.74) is 0.356. The molecule has 2 aromatic carbocycles. The predicted octanol–water partition coefficient (Wildman–Crippen LogP) is 4.78. The van der Waals surface area contributed by atoms with Crippen LogP contribution in [0.2, 0.25) is 0 Å². The van der Waals surface area contributed by atoms with E-state index in [-0.39, 0.29) is 11.9 Å². The molecule has 0 heterocycles. The number of rotatable bonds is 5. The van der Waals surface area contributed by atoms with Gasteiger partial charge in [-0.25, -0.2) is 8.78 Å². The summed E-state index contributed by atoms with van der Waals surface area (Å²) in [6, 6.07) is 11.2. The Morgan fingerprint density at radius 1 is 1.20 bits per heavy atom. The largest absolute Gasteiger partial charge is 0.312 e. The van der Waals surface area contributed by atoms with Gasteiger partial charge in [0.05, 0.1) is 0 Å². The smallest absolute Gasteiger partial charge is 0.128 e. The van der Waals surface area contributed by atoms with Crippen molar-refractivity contribution in [3.63, 3.8) is 0 Å². The fourth-order valence-corrected chi connectivity index (χ4v) is 3.49. The van der Waals surface area contributed by atoms with Crippen LogP contribution in [0.15, 0.2) is 51.8 Å². The molecule has 0 radical (unpaired) electrons. The van der Waals surface area contributed by atoms with Gasteiger partial charge in [0.2, 0.25) is 0 Å². The standard InChI is InChI=1S/C15H14BrF2NS/c1-19-15(13-8-11(17)5-6-14(13)18)9-20-12-4-2-3-10(16)7-12/h2-8,15,19H,9H2,1H3. The lowest BCUT2D eigenvalue weighted by molar-refractivity contribution is 0.549. The van der Waals surface area contributed by atoms with Crippen LogP contribution < -0.4 is 5.32 Å². The highest BCUT2D eigenvalue weighted by atomic mass is 79.9. The highest BCUT2D eigenvalue weighted by Crippen LogP contribution is 2.28. The third kappa shape index (κ3) is 4.04. The number of nitrogens with one attached hydrogen (secondary N) is 1. The fraction of sp³-hybridized carbons (Fsp3) is 0.200. The SMILES string of the molecule is CNC(CSc1cccc(Br)c1)c1cc(F)ccc1F. The number of halogens is 3. The molecule has 0 saturated heterocycles. The molecule has 20 heavy (non-hydrogen) atoms. The van der Waals surface area contributed by atoms with Crippen LogP contribution in [-0.2, 0) is 0 Å². The van der Waals surface area contributed by atoms with Gasteiger partial charge in [-0.3, -0.25) is 0 Å². The zero-order valence-electron chi connectivity index (χ0n) is 10.9. The summed E-state index contributed by atoms with van der Waals surface area (Å²) in [7, 11) is 1.75. The van der Waals surface area contributed by atoms with E-state index in [2.05, 4.69) is 21.2 Å². The maximum absolute atomic E-state index is 13.8. The molecular weight excluding hydrogens is 344 g/mol. The first-order chi connectivity index (χ1) is 9.60. The van der Waals surface area contributed by atoms with Crippen molar-refractivity contribution in [2.75, 3.05) is 12.8 Å². The zero-order chi connectivity index (χ0) is 14.5. The van der Waals surface area contributed by atoms with Gasteiger partial charge < -0.3 is 5.32 Å². The van der Waals surface area contributed by atoms with Gasteiger partial charge in [0.15, 0.2) is 0 Å². The van der Waals surface area contributed by atoms with E-state index in [9.17, 15) is 8.78 Å². The van der Waals surface area contributed by atoms with E-state index in [4.69, 9.17) is 0 Å². The van der Waals surface area contributed by atoms with E-state index in [1.807, 2.05) is 24.3 Å². The summed E-state index contributed by atoms with van der Waals surface area (Å²) in [5, 5.41) is 3.03. The van der Waals surface area contributed by atoms with Gasteiger partial charge >= 0.3 is 0 Å². The Labute approximate surface area is 129 Å². The van der Waals surface area contributed by atoms with Crippen molar-refractivity contribution >= 4 is 27.7 Å². The number of hydrogen-bond donors (Lipinski definition) is 1. The fourth-order valence-electron chi connectivity index (χ4n) is 1.85. The Balaban J connectivity index is 2.11. The lowest BCUT2D eigenvalue weighted by Crippen LogP contribution is -2.20. The minimum atomic E-state index is -0.422. The second-order valence-corrected chi connectivity index (χ2v) is 6.28. The molecular formula is C15H14BrF2NS. The van der Waals surface area contributed by atoms with Crippen LogP contribution in [0, 0.1) is 11.6 Å². The molecule has 0 aliphatic carbocycles. The van der Waals surface area contributed by atoms with E-state index >= 15 is 0 Å². The van der Waals surface area contributed by atoms with Crippen molar-refractivity contribution in [1.29, 1.82) is 0 Å². The van der Waals surface area contributed by atoms with Gasteiger partial charge in [-0.15, -0.1) is 11.8 Å². The Bertz CT molecular complexity index is 592. The molecule has 1 nitrogen and oxygen atoms in total. The third-order valence-electron chi connectivity index (χ3n) is 2.89. The molecule has 0 amide bonds. The number of thioether (sulfide) groups is 1. The molecule has 0 aliphatic rings. The third-order valence-corrected chi connectivity index (χ3v) is 4.48. The Kier molecular flexibility index (Phi) is 5.57. The van der Waals surface area contributed by atoms with Crippen LogP contribution in [-0.4, -0.2) is 12.8 Å². The van der Waals surface area contributed by atoms with Crippen LogP contribution in [0.1, 0.15) is 11.6 Å².